The van der Waals surface area contributed by atoms with Gasteiger partial charge < -0.3 is 36.1 Å². The van der Waals surface area contributed by atoms with Gasteiger partial charge in [-0.15, -0.1) is 22.7 Å². The number of carbonyl (C=O) groups is 2. The second kappa shape index (κ2) is 19.0. The minimum Gasteiger partial charge on any atom is -0.497 e. The van der Waals surface area contributed by atoms with Crippen molar-refractivity contribution in [1.29, 1.82) is 0 Å². The molecule has 7 aromatic rings. The predicted molar refractivity (Wildman–Crippen MR) is 224 cm³/mol. The molecule has 0 aliphatic rings. The zero-order chi connectivity index (χ0) is 43.1. The minimum absolute atomic E-state index is 0.0554. The Hall–Kier alpha value is -6.50. The van der Waals surface area contributed by atoms with E-state index < -0.39 is 46.2 Å². The normalized spacial score (nSPS) is 10.7. The summed E-state index contributed by atoms with van der Waals surface area (Å²) in [6.45, 7) is -0.156. The van der Waals surface area contributed by atoms with E-state index in [-0.39, 0.29) is 24.7 Å². The van der Waals surface area contributed by atoms with Gasteiger partial charge in [0.1, 0.15) is 57.5 Å². The molecule has 6 N–H and O–H groups in total. The summed E-state index contributed by atoms with van der Waals surface area (Å²) in [5, 5.41) is 1.11. The summed E-state index contributed by atoms with van der Waals surface area (Å²) in [5.74, 6) is -5.91. The van der Waals surface area contributed by atoms with Crippen molar-refractivity contribution in [3.05, 3.63) is 145 Å². The van der Waals surface area contributed by atoms with Gasteiger partial charge in [0, 0.05) is 16.8 Å². The van der Waals surface area contributed by atoms with Crippen LogP contribution in [0.15, 0.2) is 101 Å². The molecule has 0 saturated carbocycles. The van der Waals surface area contributed by atoms with Crippen molar-refractivity contribution in [3.63, 3.8) is 0 Å². The number of aromatic nitrogens is 2. The van der Waals surface area contributed by atoms with E-state index in [2.05, 4.69) is 25.9 Å². The number of carbonyl (C=O) groups excluding carboxylic acids is 2. The maximum Gasteiger partial charge on any atom is 0.254 e. The molecular weight excluding hydrogens is 891 g/mol. The van der Waals surface area contributed by atoms with Gasteiger partial charge in [0.15, 0.2) is 23.1 Å². The van der Waals surface area contributed by atoms with Crippen molar-refractivity contribution < 1.29 is 46.1 Å². The van der Waals surface area contributed by atoms with E-state index in [1.807, 2.05) is 66.7 Å². The molecule has 308 valence electrons. The first-order valence-corrected chi connectivity index (χ1v) is 19.8. The molecule has 2 heterocycles. The fourth-order valence-corrected chi connectivity index (χ4v) is 8.19. The first-order chi connectivity index (χ1) is 28.8. The number of ether oxygens (including phenoxy) is 4. The van der Waals surface area contributed by atoms with Crippen LogP contribution >= 0.6 is 38.6 Å². The molecule has 11 nitrogen and oxygen atoms in total. The third kappa shape index (κ3) is 9.85. The number of primary amides is 2. The van der Waals surface area contributed by atoms with Gasteiger partial charge in [0.25, 0.3) is 11.8 Å². The van der Waals surface area contributed by atoms with E-state index in [9.17, 15) is 27.2 Å². The van der Waals surface area contributed by atoms with E-state index >= 15 is 0 Å². The number of amides is 2. The largest absolute Gasteiger partial charge is 0.497 e. The van der Waals surface area contributed by atoms with Crippen molar-refractivity contribution >= 4 is 56.1 Å². The molecule has 0 radical (unpaired) electrons. The molecule has 5 aromatic carbocycles. The number of halogens is 5. The third-order valence-electron chi connectivity index (χ3n) is 8.48. The Labute approximate surface area is 356 Å². The lowest BCUT2D eigenvalue weighted by molar-refractivity contribution is 0.0982. The molecule has 0 saturated heterocycles. The van der Waals surface area contributed by atoms with Crippen LogP contribution in [0.25, 0.3) is 33.0 Å². The Morgan fingerprint density at radius 3 is 1.57 bits per heavy atom. The maximum absolute atomic E-state index is 14.5. The van der Waals surface area contributed by atoms with Gasteiger partial charge in [0.2, 0.25) is 0 Å². The summed E-state index contributed by atoms with van der Waals surface area (Å²) in [4.78, 5) is 32.6. The number of rotatable bonds is 13. The molecule has 0 unspecified atom stereocenters. The highest BCUT2D eigenvalue weighted by atomic mass is 79.9. The van der Waals surface area contributed by atoms with Crippen molar-refractivity contribution in [3.8, 4) is 56.0 Å². The van der Waals surface area contributed by atoms with Gasteiger partial charge in [-0.2, -0.15) is 0 Å². The summed E-state index contributed by atoms with van der Waals surface area (Å²) in [7, 11) is 3.17. The molecule has 7 rings (SSSR count). The number of hydrogen-bond donors (Lipinski definition) is 3. The number of nitrogen functional groups attached to an aromatic ring is 1. The van der Waals surface area contributed by atoms with Crippen LogP contribution in [0.2, 0.25) is 0 Å². The molecule has 0 atom stereocenters. The lowest BCUT2D eigenvalue weighted by Crippen LogP contribution is -2.16. The highest BCUT2D eigenvalue weighted by molar-refractivity contribution is 9.11. The van der Waals surface area contributed by atoms with Crippen molar-refractivity contribution in [1.82, 2.24) is 9.97 Å². The molecule has 60 heavy (non-hydrogen) atoms. The molecule has 2 amide bonds. The van der Waals surface area contributed by atoms with Crippen LogP contribution in [0.4, 0.5) is 23.2 Å². The quantitative estimate of drug-likeness (QED) is 0.0752. The van der Waals surface area contributed by atoms with E-state index in [1.54, 1.807) is 20.3 Å². The van der Waals surface area contributed by atoms with Gasteiger partial charge in [-0.1, -0.05) is 12.1 Å². The average molecular weight is 923 g/mol. The highest BCUT2D eigenvalue weighted by Gasteiger charge is 2.22. The van der Waals surface area contributed by atoms with Gasteiger partial charge in [-0.25, -0.2) is 27.5 Å². The van der Waals surface area contributed by atoms with Crippen LogP contribution in [0.3, 0.4) is 0 Å². The van der Waals surface area contributed by atoms with Crippen molar-refractivity contribution in [2.75, 3.05) is 20.0 Å². The summed E-state index contributed by atoms with van der Waals surface area (Å²) >= 11 is 6.13. The van der Waals surface area contributed by atoms with E-state index in [0.717, 1.165) is 55.4 Å². The van der Waals surface area contributed by atoms with E-state index in [4.69, 9.17) is 36.1 Å². The summed E-state index contributed by atoms with van der Waals surface area (Å²) in [6, 6.07) is 26.2. The predicted octanol–water partition coefficient (Wildman–Crippen LogP) is 9.56. The Bertz CT molecular complexity index is 2680. The first kappa shape index (κ1) is 43.1. The van der Waals surface area contributed by atoms with Crippen LogP contribution in [0, 0.1) is 23.3 Å². The Balaban J connectivity index is 0.000000205. The Morgan fingerprint density at radius 2 is 1.10 bits per heavy atom. The van der Waals surface area contributed by atoms with Crippen LogP contribution in [-0.2, 0) is 13.2 Å². The van der Waals surface area contributed by atoms with Crippen LogP contribution in [-0.4, -0.2) is 36.0 Å². The van der Waals surface area contributed by atoms with Gasteiger partial charge in [-0.05, 0) is 106 Å². The van der Waals surface area contributed by atoms with Crippen LogP contribution in [0.5, 0.6) is 23.0 Å². The number of thiazole rings is 2. The second-order valence-corrected chi connectivity index (χ2v) is 15.9. The fourth-order valence-electron chi connectivity index (χ4n) is 5.60. The molecular formula is C42H32BrF4N5O6S2. The SMILES string of the molecule is COc1ccc(-c2nc(COc3ccc(F)c(C(N)=O)c3F)sc2-c2cccc(N)c2)cc1.COc1ccc(-c2nc(COc3ccc(F)c(C(N)=O)c3F)sc2Br)cc1. The van der Waals surface area contributed by atoms with Gasteiger partial charge >= 0.3 is 0 Å². The molecule has 0 aliphatic heterocycles. The van der Waals surface area contributed by atoms with E-state index in [1.165, 1.54) is 22.7 Å². The van der Waals surface area contributed by atoms with Crippen molar-refractivity contribution in [2.24, 2.45) is 11.5 Å². The lowest BCUT2D eigenvalue weighted by atomic mass is 10.1. The Morgan fingerprint density at radius 1 is 0.633 bits per heavy atom. The number of nitrogens with two attached hydrogens (primary N) is 3. The summed E-state index contributed by atoms with van der Waals surface area (Å²) in [6.07, 6.45) is 0. The zero-order valence-corrected chi connectivity index (χ0v) is 34.7. The first-order valence-electron chi connectivity index (χ1n) is 17.4. The summed E-state index contributed by atoms with van der Waals surface area (Å²) < 4.78 is 78.0. The number of anilines is 1. The average Bonchev–Trinajstić information content (AvgIpc) is 3.83. The smallest absolute Gasteiger partial charge is 0.254 e. The van der Waals surface area contributed by atoms with Crippen molar-refractivity contribution in [2.45, 2.75) is 13.2 Å². The third-order valence-corrected chi connectivity index (χ3v) is 11.2. The Kier molecular flexibility index (Phi) is 13.7. The monoisotopic (exact) mass is 921 g/mol. The summed E-state index contributed by atoms with van der Waals surface area (Å²) in [5.41, 5.74) is 19.0. The number of nitrogens with zero attached hydrogens (tertiary/aromatic N) is 2. The molecule has 0 fully saturated rings. The maximum atomic E-state index is 14.5. The molecule has 2 aromatic heterocycles. The van der Waals surface area contributed by atoms with Crippen LogP contribution < -0.4 is 36.1 Å². The topological polar surface area (TPSA) is 175 Å². The second-order valence-electron chi connectivity index (χ2n) is 12.4. The highest BCUT2D eigenvalue weighted by Crippen LogP contribution is 2.39. The van der Waals surface area contributed by atoms with Gasteiger partial charge in [0.05, 0.1) is 34.3 Å². The van der Waals surface area contributed by atoms with Gasteiger partial charge in [-0.3, -0.25) is 9.59 Å². The molecule has 18 heteroatoms. The number of hydrogen-bond acceptors (Lipinski definition) is 11. The number of benzene rings is 5. The fraction of sp³-hybridized carbons (Fsp3) is 0.0952. The molecule has 0 aliphatic carbocycles. The molecule has 0 bridgehead atoms. The zero-order valence-electron chi connectivity index (χ0n) is 31.4. The van der Waals surface area contributed by atoms with Crippen LogP contribution in [0.1, 0.15) is 30.7 Å². The molecule has 0 spiro atoms. The standard InChI is InChI=1S/C24H19F2N3O3S.C18H13BrF2N2O3S/c1-31-16-7-5-13(6-8-16)22-23(14-3-2-4-15(27)11-14)33-19(29-22)12-32-18-10-9-17(25)20(21(18)26)24(28)30;1-25-10-4-2-9(3-5-10)16-17(19)27-13(23-16)8-26-12-7-6-11(20)14(15(12)21)18(22)24/h2-11H,12,27H2,1H3,(H2,28,30);2-7H,8H2,1H3,(H2,22,24). The lowest BCUT2D eigenvalue weighted by Gasteiger charge is -2.08. The minimum atomic E-state index is -1.21. The van der Waals surface area contributed by atoms with E-state index in [0.29, 0.717) is 32.8 Å². The number of methoxy groups -OCH3 is 2.